The maximum atomic E-state index is 5.24. The zero-order valence-electron chi connectivity index (χ0n) is 13.3. The average Bonchev–Trinajstić information content (AvgIpc) is 2.91. The third-order valence-corrected chi connectivity index (χ3v) is 3.52. The SMILES string of the molecule is COc1cccc(-c2cnnc(NCc3cc(C)n(C)n3)n2)c1. The van der Waals surface area contributed by atoms with Crippen molar-refractivity contribution in [2.45, 2.75) is 13.5 Å². The van der Waals surface area contributed by atoms with E-state index in [0.717, 1.165) is 28.4 Å². The molecule has 3 aromatic rings. The Morgan fingerprint density at radius 3 is 2.87 bits per heavy atom. The standard InChI is InChI=1S/C16H18N6O/c1-11-7-13(21-22(11)2)9-17-16-19-15(10-18-20-16)12-5-4-6-14(8-12)23-3/h4-8,10H,9H2,1-3H3,(H,17,19,20). The van der Waals surface area contributed by atoms with Crippen molar-refractivity contribution in [3.63, 3.8) is 0 Å². The van der Waals surface area contributed by atoms with E-state index in [2.05, 4.69) is 25.6 Å². The molecular weight excluding hydrogens is 292 g/mol. The summed E-state index contributed by atoms with van der Waals surface area (Å²) in [5, 5.41) is 15.6. The number of nitrogens with zero attached hydrogens (tertiary/aromatic N) is 5. The summed E-state index contributed by atoms with van der Waals surface area (Å²) in [6.07, 6.45) is 1.63. The molecule has 0 fully saturated rings. The number of hydrogen-bond donors (Lipinski definition) is 1. The van der Waals surface area contributed by atoms with Gasteiger partial charge in [-0.1, -0.05) is 12.1 Å². The fourth-order valence-electron chi connectivity index (χ4n) is 2.19. The van der Waals surface area contributed by atoms with E-state index < -0.39 is 0 Å². The Bertz CT molecular complexity index is 794. The second kappa shape index (κ2) is 6.43. The number of aryl methyl sites for hydroxylation is 2. The van der Waals surface area contributed by atoms with Gasteiger partial charge in [-0.25, -0.2) is 4.98 Å². The van der Waals surface area contributed by atoms with Crippen molar-refractivity contribution in [3.8, 4) is 17.0 Å². The number of aromatic nitrogens is 5. The number of ether oxygens (including phenoxy) is 1. The summed E-state index contributed by atoms with van der Waals surface area (Å²) in [7, 11) is 3.56. The topological polar surface area (TPSA) is 77.8 Å². The number of hydrogen-bond acceptors (Lipinski definition) is 6. The van der Waals surface area contributed by atoms with Crippen molar-refractivity contribution in [1.29, 1.82) is 0 Å². The molecule has 2 heterocycles. The zero-order valence-corrected chi connectivity index (χ0v) is 13.3. The van der Waals surface area contributed by atoms with Gasteiger partial charge in [0.15, 0.2) is 0 Å². The van der Waals surface area contributed by atoms with Crippen LogP contribution in [0.15, 0.2) is 36.5 Å². The van der Waals surface area contributed by atoms with Gasteiger partial charge >= 0.3 is 0 Å². The molecule has 3 rings (SSSR count). The van der Waals surface area contributed by atoms with Gasteiger partial charge in [-0.2, -0.15) is 10.2 Å². The highest BCUT2D eigenvalue weighted by atomic mass is 16.5. The van der Waals surface area contributed by atoms with Crippen LogP contribution in [-0.4, -0.2) is 32.1 Å². The fraction of sp³-hybridized carbons (Fsp3) is 0.250. The molecule has 118 valence electrons. The Labute approximate surface area is 134 Å². The second-order valence-corrected chi connectivity index (χ2v) is 5.15. The van der Waals surface area contributed by atoms with Crippen LogP contribution in [0.5, 0.6) is 5.75 Å². The Hall–Kier alpha value is -2.96. The highest BCUT2D eigenvalue weighted by Gasteiger charge is 2.06. The van der Waals surface area contributed by atoms with E-state index in [-0.39, 0.29) is 0 Å². The highest BCUT2D eigenvalue weighted by Crippen LogP contribution is 2.21. The predicted octanol–water partition coefficient (Wildman–Crippen LogP) is 2.20. The Balaban J connectivity index is 1.76. The molecule has 0 radical (unpaired) electrons. The van der Waals surface area contributed by atoms with Gasteiger partial charge in [-0.3, -0.25) is 4.68 Å². The van der Waals surface area contributed by atoms with Crippen LogP contribution in [-0.2, 0) is 13.6 Å². The third-order valence-electron chi connectivity index (χ3n) is 3.52. The lowest BCUT2D eigenvalue weighted by atomic mass is 10.1. The lowest BCUT2D eigenvalue weighted by molar-refractivity contribution is 0.415. The summed E-state index contributed by atoms with van der Waals surface area (Å²) in [4.78, 5) is 4.49. The molecule has 7 heteroatoms. The fourth-order valence-corrected chi connectivity index (χ4v) is 2.19. The average molecular weight is 310 g/mol. The summed E-state index contributed by atoms with van der Waals surface area (Å²) in [5.41, 5.74) is 3.70. The molecule has 1 N–H and O–H groups in total. The van der Waals surface area contributed by atoms with E-state index in [1.54, 1.807) is 13.3 Å². The van der Waals surface area contributed by atoms with Gasteiger partial charge < -0.3 is 10.1 Å². The molecule has 0 saturated carbocycles. The lowest BCUT2D eigenvalue weighted by Gasteiger charge is -2.06. The Morgan fingerprint density at radius 1 is 1.26 bits per heavy atom. The van der Waals surface area contributed by atoms with Crippen LogP contribution >= 0.6 is 0 Å². The van der Waals surface area contributed by atoms with E-state index in [1.807, 2.05) is 49.0 Å². The lowest BCUT2D eigenvalue weighted by Crippen LogP contribution is -2.06. The monoisotopic (exact) mass is 310 g/mol. The summed E-state index contributed by atoms with van der Waals surface area (Å²) >= 11 is 0. The van der Waals surface area contributed by atoms with Gasteiger partial charge in [0.2, 0.25) is 5.95 Å². The van der Waals surface area contributed by atoms with E-state index in [4.69, 9.17) is 4.74 Å². The molecule has 0 aliphatic rings. The van der Waals surface area contributed by atoms with Crippen LogP contribution in [0.2, 0.25) is 0 Å². The van der Waals surface area contributed by atoms with Crippen LogP contribution < -0.4 is 10.1 Å². The van der Waals surface area contributed by atoms with Crippen LogP contribution in [0.25, 0.3) is 11.3 Å². The quantitative estimate of drug-likeness (QED) is 0.778. The van der Waals surface area contributed by atoms with Crippen molar-refractivity contribution >= 4 is 5.95 Å². The predicted molar refractivity (Wildman–Crippen MR) is 87.1 cm³/mol. The highest BCUT2D eigenvalue weighted by molar-refractivity contribution is 5.61. The van der Waals surface area contributed by atoms with E-state index >= 15 is 0 Å². The first-order valence-electron chi connectivity index (χ1n) is 7.23. The summed E-state index contributed by atoms with van der Waals surface area (Å²) in [6.45, 7) is 2.56. The number of rotatable bonds is 5. The van der Waals surface area contributed by atoms with Crippen molar-refractivity contribution < 1.29 is 4.74 Å². The summed E-state index contributed by atoms with van der Waals surface area (Å²) in [5.74, 6) is 1.24. The van der Waals surface area contributed by atoms with Gasteiger partial charge in [0.25, 0.3) is 0 Å². The Morgan fingerprint density at radius 2 is 2.13 bits per heavy atom. The molecule has 23 heavy (non-hydrogen) atoms. The number of anilines is 1. The van der Waals surface area contributed by atoms with Gasteiger partial charge in [-0.15, -0.1) is 5.10 Å². The van der Waals surface area contributed by atoms with Crippen LogP contribution in [0, 0.1) is 6.92 Å². The van der Waals surface area contributed by atoms with E-state index in [1.165, 1.54) is 0 Å². The first-order chi connectivity index (χ1) is 11.2. The van der Waals surface area contributed by atoms with E-state index in [0.29, 0.717) is 12.5 Å². The maximum absolute atomic E-state index is 5.24. The van der Waals surface area contributed by atoms with Crippen molar-refractivity contribution in [1.82, 2.24) is 25.0 Å². The maximum Gasteiger partial charge on any atom is 0.243 e. The minimum Gasteiger partial charge on any atom is -0.497 e. The zero-order chi connectivity index (χ0) is 16.2. The third kappa shape index (κ3) is 3.45. The molecule has 1 aromatic carbocycles. The van der Waals surface area contributed by atoms with Crippen molar-refractivity contribution in [2.24, 2.45) is 7.05 Å². The molecule has 0 atom stereocenters. The number of methoxy groups -OCH3 is 1. The molecular formula is C16H18N6O. The molecule has 0 aliphatic heterocycles. The number of benzene rings is 1. The minimum atomic E-state index is 0.466. The summed E-state index contributed by atoms with van der Waals surface area (Å²) < 4.78 is 7.07. The summed E-state index contributed by atoms with van der Waals surface area (Å²) in [6, 6.07) is 9.70. The van der Waals surface area contributed by atoms with Gasteiger partial charge in [0, 0.05) is 18.3 Å². The molecule has 0 aliphatic carbocycles. The van der Waals surface area contributed by atoms with Gasteiger partial charge in [0.1, 0.15) is 5.75 Å². The first-order valence-corrected chi connectivity index (χ1v) is 7.23. The number of nitrogens with one attached hydrogen (secondary N) is 1. The molecule has 2 aromatic heterocycles. The molecule has 0 amide bonds. The first kappa shape index (κ1) is 15.0. The molecule has 0 spiro atoms. The molecule has 0 unspecified atom stereocenters. The molecule has 7 nitrogen and oxygen atoms in total. The largest absolute Gasteiger partial charge is 0.497 e. The smallest absolute Gasteiger partial charge is 0.243 e. The molecule has 0 bridgehead atoms. The van der Waals surface area contributed by atoms with E-state index in [9.17, 15) is 0 Å². The normalized spacial score (nSPS) is 10.6. The van der Waals surface area contributed by atoms with Crippen LogP contribution in [0.3, 0.4) is 0 Å². The van der Waals surface area contributed by atoms with Crippen molar-refractivity contribution in [2.75, 3.05) is 12.4 Å². The Kier molecular flexibility index (Phi) is 4.18. The van der Waals surface area contributed by atoms with Crippen molar-refractivity contribution in [3.05, 3.63) is 47.9 Å². The van der Waals surface area contributed by atoms with Gasteiger partial charge in [0.05, 0.1) is 31.2 Å². The second-order valence-electron chi connectivity index (χ2n) is 5.15. The van der Waals surface area contributed by atoms with Crippen LogP contribution in [0.4, 0.5) is 5.95 Å². The minimum absolute atomic E-state index is 0.466. The molecule has 0 saturated heterocycles. The van der Waals surface area contributed by atoms with Crippen LogP contribution in [0.1, 0.15) is 11.4 Å². The van der Waals surface area contributed by atoms with Gasteiger partial charge in [-0.05, 0) is 25.1 Å².